The van der Waals surface area contributed by atoms with Crippen LogP contribution in [0.25, 0.3) is 0 Å². The van der Waals surface area contributed by atoms with Gasteiger partial charge in [0.15, 0.2) is 6.29 Å². The molecule has 0 rings (SSSR count). The highest BCUT2D eigenvalue weighted by molar-refractivity contribution is 4.70. The zero-order valence-corrected chi connectivity index (χ0v) is 12.8. The third kappa shape index (κ3) is 9.57. The van der Waals surface area contributed by atoms with Crippen LogP contribution in [0.4, 0.5) is 0 Å². The van der Waals surface area contributed by atoms with Gasteiger partial charge in [-0.25, -0.2) is 9.78 Å². The van der Waals surface area contributed by atoms with Crippen molar-refractivity contribution in [3.05, 3.63) is 0 Å². The molecule has 1 atom stereocenters. The number of ether oxygens (including phenoxy) is 1. The molecule has 0 saturated heterocycles. The van der Waals surface area contributed by atoms with Gasteiger partial charge < -0.3 is 4.74 Å². The molecule has 0 aromatic rings. The van der Waals surface area contributed by atoms with Crippen molar-refractivity contribution in [3.8, 4) is 0 Å². The largest absolute Gasteiger partial charge is 0.343 e. The van der Waals surface area contributed by atoms with Gasteiger partial charge in [-0.3, -0.25) is 0 Å². The molecule has 1 unspecified atom stereocenters. The number of rotatable bonds is 6. The van der Waals surface area contributed by atoms with Crippen LogP contribution in [0.2, 0.25) is 0 Å². The van der Waals surface area contributed by atoms with Gasteiger partial charge >= 0.3 is 0 Å². The van der Waals surface area contributed by atoms with Gasteiger partial charge in [0.2, 0.25) is 0 Å². The minimum absolute atomic E-state index is 0.106. The van der Waals surface area contributed by atoms with Crippen molar-refractivity contribution in [1.29, 1.82) is 0 Å². The maximum Gasteiger partial charge on any atom is 0.196 e. The molecule has 0 bridgehead atoms. The van der Waals surface area contributed by atoms with Gasteiger partial charge in [0.05, 0.1) is 12.2 Å². The lowest BCUT2D eigenvalue weighted by Crippen LogP contribution is -2.38. The maximum atomic E-state index is 5.86. The third-order valence-corrected chi connectivity index (χ3v) is 2.10. The minimum Gasteiger partial charge on any atom is -0.343 e. The van der Waals surface area contributed by atoms with Crippen molar-refractivity contribution < 1.29 is 14.5 Å². The Morgan fingerprint density at radius 2 is 1.47 bits per heavy atom. The molecule has 3 nitrogen and oxygen atoms in total. The lowest BCUT2D eigenvalue weighted by molar-refractivity contribution is -0.412. The SMILES string of the molecule is CC(C)CCOOC(OC(C)(C)C)C(C)(C)C. The van der Waals surface area contributed by atoms with E-state index in [0.717, 1.165) is 6.42 Å². The van der Waals surface area contributed by atoms with Crippen LogP contribution < -0.4 is 0 Å². The van der Waals surface area contributed by atoms with Gasteiger partial charge in [-0.05, 0) is 33.1 Å². The standard InChI is InChI=1S/C14H30O3/c1-11(2)9-10-15-17-12(13(3,4)5)16-14(6,7)8/h11-12H,9-10H2,1-8H3. The van der Waals surface area contributed by atoms with E-state index in [1.807, 2.05) is 20.8 Å². The van der Waals surface area contributed by atoms with Crippen molar-refractivity contribution in [3.63, 3.8) is 0 Å². The third-order valence-electron chi connectivity index (χ3n) is 2.10. The molecule has 0 aromatic carbocycles. The van der Waals surface area contributed by atoms with Crippen LogP contribution in [0.1, 0.15) is 61.8 Å². The fourth-order valence-corrected chi connectivity index (χ4v) is 1.06. The van der Waals surface area contributed by atoms with E-state index in [9.17, 15) is 0 Å². The second-order valence-electron chi connectivity index (χ2n) is 7.03. The van der Waals surface area contributed by atoms with Crippen molar-refractivity contribution in [1.82, 2.24) is 0 Å². The molecule has 0 fully saturated rings. The van der Waals surface area contributed by atoms with E-state index in [0.29, 0.717) is 12.5 Å². The molecule has 0 heterocycles. The first-order chi connectivity index (χ1) is 7.52. The Labute approximate surface area is 107 Å². The Morgan fingerprint density at radius 3 is 1.82 bits per heavy atom. The zero-order chi connectivity index (χ0) is 13.7. The first-order valence-corrected chi connectivity index (χ1v) is 6.48. The van der Waals surface area contributed by atoms with Crippen molar-refractivity contribution in [2.24, 2.45) is 11.3 Å². The first kappa shape index (κ1) is 16.9. The summed E-state index contributed by atoms with van der Waals surface area (Å²) in [4.78, 5) is 10.7. The fourth-order valence-electron chi connectivity index (χ4n) is 1.06. The summed E-state index contributed by atoms with van der Waals surface area (Å²) >= 11 is 0. The van der Waals surface area contributed by atoms with E-state index in [4.69, 9.17) is 14.5 Å². The molecule has 0 amide bonds. The molecule has 0 aliphatic heterocycles. The second-order valence-corrected chi connectivity index (χ2v) is 7.03. The van der Waals surface area contributed by atoms with Gasteiger partial charge in [-0.15, -0.1) is 0 Å². The van der Waals surface area contributed by atoms with Gasteiger partial charge in [0.1, 0.15) is 0 Å². The smallest absolute Gasteiger partial charge is 0.196 e. The Balaban J connectivity index is 4.14. The molecular formula is C14H30O3. The minimum atomic E-state index is -0.352. The predicted octanol–water partition coefficient (Wildman–Crippen LogP) is 4.17. The Bertz CT molecular complexity index is 198. The van der Waals surface area contributed by atoms with Crippen LogP contribution in [0, 0.1) is 11.3 Å². The Hall–Kier alpha value is -0.120. The molecular weight excluding hydrogens is 216 g/mol. The lowest BCUT2D eigenvalue weighted by Gasteiger charge is -2.34. The zero-order valence-electron chi connectivity index (χ0n) is 12.8. The summed E-state index contributed by atoms with van der Waals surface area (Å²) < 4.78 is 5.86. The highest BCUT2D eigenvalue weighted by Gasteiger charge is 2.31. The summed E-state index contributed by atoms with van der Waals surface area (Å²) in [6.45, 7) is 17.2. The summed E-state index contributed by atoms with van der Waals surface area (Å²) in [5.74, 6) is 0.621. The monoisotopic (exact) mass is 246 g/mol. The van der Waals surface area contributed by atoms with Crippen LogP contribution in [0.15, 0.2) is 0 Å². The van der Waals surface area contributed by atoms with E-state index >= 15 is 0 Å². The lowest BCUT2D eigenvalue weighted by atomic mass is 9.95. The summed E-state index contributed by atoms with van der Waals surface area (Å²) in [5, 5.41) is 0. The van der Waals surface area contributed by atoms with Crippen LogP contribution in [-0.2, 0) is 14.5 Å². The fraction of sp³-hybridized carbons (Fsp3) is 1.00. The van der Waals surface area contributed by atoms with Crippen molar-refractivity contribution in [2.45, 2.75) is 73.7 Å². The highest BCUT2D eigenvalue weighted by atomic mass is 17.2. The van der Waals surface area contributed by atoms with Crippen LogP contribution >= 0.6 is 0 Å². The molecule has 0 radical (unpaired) electrons. The van der Waals surface area contributed by atoms with Crippen molar-refractivity contribution in [2.75, 3.05) is 6.61 Å². The van der Waals surface area contributed by atoms with Gasteiger partial charge in [-0.2, -0.15) is 0 Å². The molecule has 0 N–H and O–H groups in total. The van der Waals surface area contributed by atoms with Gasteiger partial charge in [0.25, 0.3) is 0 Å². The number of hydrogen-bond acceptors (Lipinski definition) is 3. The van der Waals surface area contributed by atoms with Crippen LogP contribution in [0.3, 0.4) is 0 Å². The Kier molecular flexibility index (Phi) is 6.67. The normalized spacial score (nSPS) is 15.4. The van der Waals surface area contributed by atoms with E-state index in [1.54, 1.807) is 0 Å². The van der Waals surface area contributed by atoms with Crippen molar-refractivity contribution >= 4 is 0 Å². The summed E-state index contributed by atoms with van der Waals surface area (Å²) in [7, 11) is 0. The first-order valence-electron chi connectivity index (χ1n) is 6.48. The number of hydrogen-bond donors (Lipinski definition) is 0. The van der Waals surface area contributed by atoms with Gasteiger partial charge in [-0.1, -0.05) is 34.6 Å². The van der Waals surface area contributed by atoms with E-state index in [2.05, 4.69) is 34.6 Å². The van der Waals surface area contributed by atoms with E-state index < -0.39 is 0 Å². The summed E-state index contributed by atoms with van der Waals surface area (Å²) in [5.41, 5.74) is -0.343. The molecule has 104 valence electrons. The molecule has 17 heavy (non-hydrogen) atoms. The maximum absolute atomic E-state index is 5.86. The van der Waals surface area contributed by atoms with E-state index in [-0.39, 0.29) is 17.3 Å². The molecule has 0 saturated carbocycles. The average Bonchev–Trinajstić information content (AvgIpc) is 2.06. The summed E-state index contributed by atoms with van der Waals surface area (Å²) in [6, 6.07) is 0. The summed E-state index contributed by atoms with van der Waals surface area (Å²) in [6.07, 6.45) is 0.640. The molecule has 0 aliphatic rings. The van der Waals surface area contributed by atoms with E-state index in [1.165, 1.54) is 0 Å². The molecule has 0 spiro atoms. The molecule has 3 heteroatoms. The van der Waals surface area contributed by atoms with Gasteiger partial charge in [0, 0.05) is 5.41 Å². The average molecular weight is 246 g/mol. The highest BCUT2D eigenvalue weighted by Crippen LogP contribution is 2.27. The second kappa shape index (κ2) is 6.72. The van der Waals surface area contributed by atoms with Crippen LogP contribution in [0.5, 0.6) is 0 Å². The predicted molar refractivity (Wildman–Crippen MR) is 70.6 cm³/mol. The topological polar surface area (TPSA) is 27.7 Å². The molecule has 0 aromatic heterocycles. The Morgan fingerprint density at radius 1 is 0.941 bits per heavy atom. The van der Waals surface area contributed by atoms with Crippen LogP contribution in [-0.4, -0.2) is 18.5 Å². The molecule has 0 aliphatic carbocycles. The quantitative estimate of drug-likeness (QED) is 0.305.